The fraction of sp³-hybridized carbons (Fsp3) is 0.591. The van der Waals surface area contributed by atoms with E-state index in [1.165, 1.54) is 0 Å². The molecule has 1 fully saturated rings. The van der Waals surface area contributed by atoms with Gasteiger partial charge in [0.25, 0.3) is 0 Å². The highest BCUT2D eigenvalue weighted by Crippen LogP contribution is 2.25. The van der Waals surface area contributed by atoms with Crippen LogP contribution in [-0.2, 0) is 4.74 Å². The predicted molar refractivity (Wildman–Crippen MR) is 118 cm³/mol. The smallest absolute Gasteiger partial charge is 0.234 e. The van der Waals surface area contributed by atoms with Gasteiger partial charge in [-0.15, -0.1) is 0 Å². The van der Waals surface area contributed by atoms with E-state index < -0.39 is 0 Å². The SMILES string of the molecule is COCCN1CCN(CCOc2ccc3nc(C#N)nc(NCC(C)C)c3c2)CC1. The molecule has 8 heteroatoms. The van der Waals surface area contributed by atoms with Gasteiger partial charge in [-0.2, -0.15) is 5.26 Å². The van der Waals surface area contributed by atoms with Crippen LogP contribution in [0, 0.1) is 17.2 Å². The standard InChI is InChI=1S/C22H32N6O2/c1-17(2)16-24-22-19-14-18(4-5-20(19)25-21(15-23)26-22)30-13-11-28-8-6-27(7-9-28)10-12-29-3/h4-5,14,17H,6-13,16H2,1-3H3,(H,24,25,26). The van der Waals surface area contributed by atoms with E-state index in [2.05, 4.69) is 38.9 Å². The van der Waals surface area contributed by atoms with E-state index in [-0.39, 0.29) is 5.82 Å². The number of piperazine rings is 1. The monoisotopic (exact) mass is 412 g/mol. The number of methoxy groups -OCH3 is 1. The number of nitrogens with one attached hydrogen (secondary N) is 1. The van der Waals surface area contributed by atoms with Gasteiger partial charge in [-0.3, -0.25) is 9.80 Å². The average Bonchev–Trinajstić information content (AvgIpc) is 2.76. The molecule has 2 heterocycles. The predicted octanol–water partition coefficient (Wildman–Crippen LogP) is 2.21. The number of nitrogens with zero attached hydrogens (tertiary/aromatic N) is 5. The van der Waals surface area contributed by atoms with Crippen molar-refractivity contribution < 1.29 is 9.47 Å². The lowest BCUT2D eigenvalue weighted by atomic mass is 10.2. The van der Waals surface area contributed by atoms with Gasteiger partial charge >= 0.3 is 0 Å². The Bertz CT molecular complexity index is 859. The quantitative estimate of drug-likeness (QED) is 0.636. The summed E-state index contributed by atoms with van der Waals surface area (Å²) >= 11 is 0. The van der Waals surface area contributed by atoms with Crippen molar-refractivity contribution in [2.45, 2.75) is 13.8 Å². The summed E-state index contributed by atoms with van der Waals surface area (Å²) in [5.41, 5.74) is 0.743. The van der Waals surface area contributed by atoms with Crippen LogP contribution in [0.1, 0.15) is 19.7 Å². The van der Waals surface area contributed by atoms with E-state index in [4.69, 9.17) is 9.47 Å². The minimum Gasteiger partial charge on any atom is -0.492 e. The number of anilines is 1. The molecule has 1 N–H and O–H groups in total. The van der Waals surface area contributed by atoms with Crippen molar-refractivity contribution in [2.24, 2.45) is 5.92 Å². The molecule has 0 unspecified atom stereocenters. The third kappa shape index (κ3) is 6.26. The minimum absolute atomic E-state index is 0.173. The molecule has 3 rings (SSSR count). The molecule has 1 aromatic heterocycles. The van der Waals surface area contributed by atoms with Gasteiger partial charge in [0.05, 0.1) is 12.1 Å². The molecule has 162 valence electrons. The molecule has 1 aliphatic rings. The molecule has 8 nitrogen and oxygen atoms in total. The van der Waals surface area contributed by atoms with Crippen LogP contribution in [0.25, 0.3) is 10.9 Å². The Balaban J connectivity index is 1.57. The van der Waals surface area contributed by atoms with Crippen molar-refractivity contribution in [3.63, 3.8) is 0 Å². The fourth-order valence-electron chi connectivity index (χ4n) is 3.43. The van der Waals surface area contributed by atoms with Crippen LogP contribution in [0.5, 0.6) is 5.75 Å². The number of nitriles is 1. The van der Waals surface area contributed by atoms with Crippen LogP contribution in [-0.4, -0.2) is 85.9 Å². The van der Waals surface area contributed by atoms with E-state index in [0.29, 0.717) is 18.3 Å². The molecule has 0 saturated carbocycles. The van der Waals surface area contributed by atoms with Crippen molar-refractivity contribution in [1.29, 1.82) is 5.26 Å². The van der Waals surface area contributed by atoms with Gasteiger partial charge in [-0.1, -0.05) is 13.8 Å². The molecular formula is C22H32N6O2. The second-order valence-electron chi connectivity index (χ2n) is 7.99. The third-order valence-electron chi connectivity index (χ3n) is 5.20. The Morgan fingerprint density at radius 2 is 1.80 bits per heavy atom. The molecule has 0 radical (unpaired) electrons. The van der Waals surface area contributed by atoms with E-state index in [1.807, 2.05) is 24.3 Å². The number of aromatic nitrogens is 2. The van der Waals surface area contributed by atoms with Crippen LogP contribution < -0.4 is 10.1 Å². The van der Waals surface area contributed by atoms with Crippen molar-refractivity contribution in [1.82, 2.24) is 19.8 Å². The molecule has 2 aromatic rings. The summed E-state index contributed by atoms with van der Waals surface area (Å²) in [5, 5.41) is 13.4. The van der Waals surface area contributed by atoms with Crippen molar-refractivity contribution in [2.75, 3.05) is 71.5 Å². The highest BCUT2D eigenvalue weighted by molar-refractivity contribution is 5.90. The Hall–Kier alpha value is -2.47. The fourth-order valence-corrected chi connectivity index (χ4v) is 3.43. The summed E-state index contributed by atoms with van der Waals surface area (Å²) in [6.45, 7) is 12.6. The Labute approximate surface area is 178 Å². The molecule has 0 spiro atoms. The average molecular weight is 413 g/mol. The van der Waals surface area contributed by atoms with E-state index in [9.17, 15) is 5.26 Å². The Morgan fingerprint density at radius 3 is 2.43 bits per heavy atom. The van der Waals surface area contributed by atoms with E-state index in [0.717, 1.165) is 69.1 Å². The summed E-state index contributed by atoms with van der Waals surface area (Å²) in [4.78, 5) is 13.5. The summed E-state index contributed by atoms with van der Waals surface area (Å²) in [6, 6.07) is 7.80. The summed E-state index contributed by atoms with van der Waals surface area (Å²) in [6.07, 6.45) is 0. The van der Waals surface area contributed by atoms with Gasteiger partial charge < -0.3 is 14.8 Å². The van der Waals surface area contributed by atoms with Gasteiger partial charge in [-0.25, -0.2) is 9.97 Å². The largest absolute Gasteiger partial charge is 0.492 e. The number of rotatable bonds is 10. The summed E-state index contributed by atoms with van der Waals surface area (Å²) in [5.74, 6) is 2.12. The normalized spacial score (nSPS) is 15.4. The third-order valence-corrected chi connectivity index (χ3v) is 5.20. The van der Waals surface area contributed by atoms with E-state index in [1.54, 1.807) is 7.11 Å². The van der Waals surface area contributed by atoms with Crippen LogP contribution in [0.15, 0.2) is 18.2 Å². The van der Waals surface area contributed by atoms with Crippen molar-refractivity contribution in [3.8, 4) is 11.8 Å². The minimum atomic E-state index is 0.173. The van der Waals surface area contributed by atoms with Gasteiger partial charge in [0, 0.05) is 58.3 Å². The van der Waals surface area contributed by atoms with Crippen LogP contribution >= 0.6 is 0 Å². The molecule has 1 aromatic carbocycles. The first-order chi connectivity index (χ1) is 14.6. The second kappa shape index (κ2) is 11.1. The Kier molecular flexibility index (Phi) is 8.20. The zero-order chi connectivity index (χ0) is 21.3. The first-order valence-corrected chi connectivity index (χ1v) is 10.6. The molecule has 1 aliphatic heterocycles. The van der Waals surface area contributed by atoms with Crippen molar-refractivity contribution in [3.05, 3.63) is 24.0 Å². The van der Waals surface area contributed by atoms with Gasteiger partial charge in [0.15, 0.2) is 0 Å². The number of fused-ring (bicyclic) bond motifs is 1. The molecule has 0 amide bonds. The number of ether oxygens (including phenoxy) is 2. The summed E-state index contributed by atoms with van der Waals surface area (Å²) < 4.78 is 11.2. The highest BCUT2D eigenvalue weighted by Gasteiger charge is 2.16. The number of benzene rings is 1. The summed E-state index contributed by atoms with van der Waals surface area (Å²) in [7, 11) is 1.75. The Morgan fingerprint density at radius 1 is 1.10 bits per heavy atom. The first kappa shape index (κ1) is 22.2. The maximum Gasteiger partial charge on any atom is 0.234 e. The zero-order valence-electron chi connectivity index (χ0n) is 18.2. The van der Waals surface area contributed by atoms with Crippen molar-refractivity contribution >= 4 is 16.7 Å². The van der Waals surface area contributed by atoms with Crippen LogP contribution in [0.3, 0.4) is 0 Å². The lowest BCUT2D eigenvalue weighted by Gasteiger charge is -2.34. The topological polar surface area (TPSA) is 86.5 Å². The van der Waals surface area contributed by atoms with Crippen LogP contribution in [0.4, 0.5) is 5.82 Å². The lowest BCUT2D eigenvalue weighted by Crippen LogP contribution is -2.48. The van der Waals surface area contributed by atoms with Gasteiger partial charge in [-0.05, 0) is 24.1 Å². The molecule has 0 aliphatic carbocycles. The first-order valence-electron chi connectivity index (χ1n) is 10.6. The van der Waals surface area contributed by atoms with E-state index >= 15 is 0 Å². The van der Waals surface area contributed by atoms with Gasteiger partial charge in [0.1, 0.15) is 24.2 Å². The molecule has 1 saturated heterocycles. The van der Waals surface area contributed by atoms with Crippen LogP contribution in [0.2, 0.25) is 0 Å². The molecular weight excluding hydrogens is 380 g/mol. The number of hydrogen-bond donors (Lipinski definition) is 1. The highest BCUT2D eigenvalue weighted by atomic mass is 16.5. The molecule has 0 bridgehead atoms. The second-order valence-corrected chi connectivity index (χ2v) is 7.99. The number of hydrogen-bond acceptors (Lipinski definition) is 8. The molecule has 30 heavy (non-hydrogen) atoms. The van der Waals surface area contributed by atoms with Gasteiger partial charge in [0.2, 0.25) is 5.82 Å². The zero-order valence-corrected chi connectivity index (χ0v) is 18.2. The maximum atomic E-state index is 9.21. The lowest BCUT2D eigenvalue weighted by molar-refractivity contribution is 0.0894. The molecule has 0 atom stereocenters. The maximum absolute atomic E-state index is 9.21.